The van der Waals surface area contributed by atoms with E-state index in [2.05, 4.69) is 34.6 Å². The van der Waals surface area contributed by atoms with Gasteiger partial charge in [-0.2, -0.15) is 0 Å². The van der Waals surface area contributed by atoms with Gasteiger partial charge in [0.15, 0.2) is 0 Å². The predicted octanol–water partition coefficient (Wildman–Crippen LogP) is 6.17. The van der Waals surface area contributed by atoms with Gasteiger partial charge >= 0.3 is 5.97 Å². The van der Waals surface area contributed by atoms with Crippen molar-refractivity contribution in [3.63, 3.8) is 0 Å². The Labute approximate surface area is 187 Å². The van der Waals surface area contributed by atoms with Crippen LogP contribution in [0.1, 0.15) is 104 Å². The molecule has 5 rings (SSSR count). The van der Waals surface area contributed by atoms with E-state index >= 15 is 0 Å². The van der Waals surface area contributed by atoms with Gasteiger partial charge in [0.2, 0.25) is 0 Å². The number of hydrogen-bond acceptors (Lipinski definition) is 4. The summed E-state index contributed by atoms with van der Waals surface area (Å²) >= 11 is 0. The normalized spacial score (nSPS) is 48.0. The van der Waals surface area contributed by atoms with Crippen LogP contribution in [0.2, 0.25) is 0 Å². The molecule has 0 radical (unpaired) electrons. The van der Waals surface area contributed by atoms with Crippen molar-refractivity contribution in [3.05, 3.63) is 23.7 Å². The molecule has 0 saturated heterocycles. The molecule has 3 fully saturated rings. The highest BCUT2D eigenvalue weighted by molar-refractivity contribution is 5.66. The minimum atomic E-state index is -0.411. The van der Waals surface area contributed by atoms with Crippen LogP contribution in [0.15, 0.2) is 16.9 Å². The smallest absolute Gasteiger partial charge is 0.303 e. The van der Waals surface area contributed by atoms with Crippen LogP contribution in [0.25, 0.3) is 0 Å². The lowest BCUT2D eigenvalue weighted by molar-refractivity contribution is -0.214. The van der Waals surface area contributed by atoms with Gasteiger partial charge < -0.3 is 14.3 Å². The zero-order chi connectivity index (χ0) is 22.4. The number of aliphatic hydroxyl groups is 1. The molecule has 4 heteroatoms. The van der Waals surface area contributed by atoms with Gasteiger partial charge in [-0.1, -0.05) is 41.0 Å². The highest BCUT2D eigenvalue weighted by Gasteiger charge is 2.68. The Morgan fingerprint density at radius 2 is 1.71 bits per heavy atom. The summed E-state index contributed by atoms with van der Waals surface area (Å²) < 4.78 is 11.5. The van der Waals surface area contributed by atoms with Gasteiger partial charge in [-0.15, -0.1) is 0 Å². The number of furan rings is 1. The van der Waals surface area contributed by atoms with Crippen LogP contribution < -0.4 is 0 Å². The molecule has 4 nitrogen and oxygen atoms in total. The van der Waals surface area contributed by atoms with E-state index in [-0.39, 0.29) is 34.2 Å². The zero-order valence-corrected chi connectivity index (χ0v) is 20.2. The first kappa shape index (κ1) is 21.6. The van der Waals surface area contributed by atoms with E-state index < -0.39 is 6.10 Å². The number of aliphatic hydroxyl groups excluding tert-OH is 1. The Morgan fingerprint density at radius 1 is 1.00 bits per heavy atom. The Bertz CT molecular complexity index is 886. The van der Waals surface area contributed by atoms with Gasteiger partial charge in [-0.3, -0.25) is 4.79 Å². The molecule has 1 aromatic rings. The van der Waals surface area contributed by atoms with E-state index in [9.17, 15) is 9.90 Å². The quantitative estimate of drug-likeness (QED) is 0.543. The van der Waals surface area contributed by atoms with Crippen molar-refractivity contribution in [3.8, 4) is 0 Å². The number of carbonyl (C=O) groups excluding carboxylic acids is 1. The maximum Gasteiger partial charge on any atom is 0.303 e. The third-order valence-corrected chi connectivity index (χ3v) is 10.9. The van der Waals surface area contributed by atoms with Crippen molar-refractivity contribution in [2.45, 2.75) is 104 Å². The summed E-state index contributed by atoms with van der Waals surface area (Å²) in [7, 11) is 0. The van der Waals surface area contributed by atoms with E-state index in [1.807, 2.05) is 6.26 Å². The maximum absolute atomic E-state index is 11.9. The minimum absolute atomic E-state index is 0.111. The summed E-state index contributed by atoms with van der Waals surface area (Å²) in [5.74, 6) is 1.20. The Hall–Kier alpha value is -1.29. The van der Waals surface area contributed by atoms with Gasteiger partial charge in [0, 0.05) is 23.5 Å². The lowest BCUT2D eigenvalue weighted by Crippen LogP contribution is -2.66. The van der Waals surface area contributed by atoms with Crippen LogP contribution in [0.5, 0.6) is 0 Å². The zero-order valence-electron chi connectivity index (χ0n) is 20.2. The number of fused-ring (bicyclic) bond motifs is 7. The molecule has 8 atom stereocenters. The van der Waals surface area contributed by atoms with Crippen molar-refractivity contribution in [1.29, 1.82) is 0 Å². The second kappa shape index (κ2) is 6.62. The predicted molar refractivity (Wildman–Crippen MR) is 119 cm³/mol. The van der Waals surface area contributed by atoms with E-state index in [1.54, 1.807) is 6.26 Å². The van der Waals surface area contributed by atoms with E-state index in [4.69, 9.17) is 9.15 Å². The number of ether oxygens (including phenoxy) is 1. The fourth-order valence-electron chi connectivity index (χ4n) is 9.56. The van der Waals surface area contributed by atoms with Crippen molar-refractivity contribution in [1.82, 2.24) is 0 Å². The van der Waals surface area contributed by atoms with Crippen molar-refractivity contribution in [2.75, 3.05) is 0 Å². The summed E-state index contributed by atoms with van der Waals surface area (Å²) in [6.07, 6.45) is 10.8. The van der Waals surface area contributed by atoms with Crippen molar-refractivity contribution < 1.29 is 19.1 Å². The second-order valence-electron chi connectivity index (χ2n) is 12.7. The first-order valence-corrected chi connectivity index (χ1v) is 12.4. The number of carbonyl (C=O) groups is 1. The standard InChI is InChI=1S/C27H40O4/c1-16(28)31-19-12-22-26(5)11-8-20-24(2,3)9-7-10-25(20,4)21(26)13-23(29)27(22,6)18-15-30-14-17(18)19/h14-15,19-23,29H,7-13H2,1-6H3/t19-,20?,21?,22-,23+,25-,26+,27+/m0/s1. The SMILES string of the molecule is CC(=O)O[C@H]1C[C@@H]2[C@@](C)(c3cocc31)[C@H](O)CC1[C@@]3(C)CCCC(C)(C)C3CC[C@]12C. The van der Waals surface area contributed by atoms with Gasteiger partial charge in [-0.25, -0.2) is 0 Å². The number of hydrogen-bond donors (Lipinski definition) is 1. The molecular weight excluding hydrogens is 388 g/mol. The first-order chi connectivity index (χ1) is 14.4. The van der Waals surface area contributed by atoms with E-state index in [0.717, 1.165) is 24.0 Å². The van der Waals surface area contributed by atoms with Crippen molar-refractivity contribution >= 4 is 5.97 Å². The first-order valence-electron chi connectivity index (χ1n) is 12.4. The third kappa shape index (κ3) is 2.72. The van der Waals surface area contributed by atoms with Crippen LogP contribution in [-0.2, 0) is 14.9 Å². The third-order valence-electron chi connectivity index (χ3n) is 10.9. The van der Waals surface area contributed by atoms with Crippen LogP contribution in [0.4, 0.5) is 0 Å². The number of rotatable bonds is 1. The molecular formula is C27H40O4. The lowest BCUT2D eigenvalue weighted by atomic mass is 9.35. The fraction of sp³-hybridized carbons (Fsp3) is 0.815. The summed E-state index contributed by atoms with van der Waals surface area (Å²) in [4.78, 5) is 11.9. The molecule has 31 heavy (non-hydrogen) atoms. The monoisotopic (exact) mass is 428 g/mol. The molecule has 0 aliphatic heterocycles. The van der Waals surface area contributed by atoms with Gasteiger partial charge in [0.1, 0.15) is 6.10 Å². The van der Waals surface area contributed by atoms with Crippen LogP contribution >= 0.6 is 0 Å². The maximum atomic E-state index is 11.9. The average Bonchev–Trinajstić information content (AvgIpc) is 3.16. The van der Waals surface area contributed by atoms with Crippen LogP contribution in [0.3, 0.4) is 0 Å². The van der Waals surface area contributed by atoms with E-state index in [1.165, 1.54) is 39.0 Å². The summed E-state index contributed by atoms with van der Waals surface area (Å²) in [5.41, 5.74) is 2.37. The van der Waals surface area contributed by atoms with E-state index in [0.29, 0.717) is 17.3 Å². The summed E-state index contributed by atoms with van der Waals surface area (Å²) in [5, 5.41) is 11.7. The lowest BCUT2D eigenvalue weighted by Gasteiger charge is -2.70. The molecule has 1 N–H and O–H groups in total. The molecule has 172 valence electrons. The Morgan fingerprint density at radius 3 is 2.42 bits per heavy atom. The topological polar surface area (TPSA) is 59.7 Å². The minimum Gasteiger partial charge on any atom is -0.472 e. The molecule has 0 spiro atoms. The van der Waals surface area contributed by atoms with Crippen LogP contribution in [-0.4, -0.2) is 17.2 Å². The number of esters is 1. The summed E-state index contributed by atoms with van der Waals surface area (Å²) in [6, 6.07) is 0. The molecule has 2 unspecified atom stereocenters. The molecule has 0 bridgehead atoms. The highest BCUT2D eigenvalue weighted by atomic mass is 16.5. The van der Waals surface area contributed by atoms with Crippen LogP contribution in [0, 0.1) is 34.0 Å². The fourth-order valence-corrected chi connectivity index (χ4v) is 9.56. The van der Waals surface area contributed by atoms with Gasteiger partial charge in [-0.05, 0) is 72.5 Å². The molecule has 0 amide bonds. The molecule has 1 heterocycles. The summed E-state index contributed by atoms with van der Waals surface area (Å²) in [6.45, 7) is 13.7. The molecule has 4 aliphatic carbocycles. The van der Waals surface area contributed by atoms with Gasteiger partial charge in [0.25, 0.3) is 0 Å². The second-order valence-corrected chi connectivity index (χ2v) is 12.7. The molecule has 1 aromatic heterocycles. The Kier molecular flexibility index (Phi) is 4.60. The largest absolute Gasteiger partial charge is 0.472 e. The average molecular weight is 429 g/mol. The highest BCUT2D eigenvalue weighted by Crippen LogP contribution is 2.72. The Balaban J connectivity index is 1.61. The molecule has 4 aliphatic rings. The van der Waals surface area contributed by atoms with Crippen molar-refractivity contribution in [2.24, 2.45) is 34.0 Å². The molecule has 3 saturated carbocycles. The molecule has 0 aromatic carbocycles. The van der Waals surface area contributed by atoms with Gasteiger partial charge in [0.05, 0.1) is 18.6 Å².